The first-order valence-corrected chi connectivity index (χ1v) is 13.1. The summed E-state index contributed by atoms with van der Waals surface area (Å²) in [5.74, 6) is 3.48. The average molecular weight is 481 g/mol. The lowest BCUT2D eigenvalue weighted by Crippen LogP contribution is -2.65. The van der Waals surface area contributed by atoms with E-state index in [2.05, 4.69) is 29.8 Å². The van der Waals surface area contributed by atoms with Gasteiger partial charge < -0.3 is 9.47 Å². The number of alkyl halides is 1. The molecule has 0 amide bonds. The molecule has 4 bridgehead atoms. The molecule has 0 aromatic rings. The zero-order valence-electron chi connectivity index (χ0n) is 18.7. The molecular formula is C25H37BrO4. The maximum absolute atomic E-state index is 14.3. The number of fused-ring (bicyclic) bond motifs is 4. The minimum absolute atomic E-state index is 0.0281. The summed E-state index contributed by atoms with van der Waals surface area (Å²) in [4.78, 5) is 25.9. The van der Waals surface area contributed by atoms with Gasteiger partial charge >= 0.3 is 5.97 Å². The number of ketones is 1. The van der Waals surface area contributed by atoms with Gasteiger partial charge in [-0.2, -0.15) is 0 Å². The molecule has 0 radical (unpaired) electrons. The van der Waals surface area contributed by atoms with Crippen LogP contribution in [0.3, 0.4) is 0 Å². The quantitative estimate of drug-likeness (QED) is 0.411. The largest absolute Gasteiger partial charge is 0.469 e. The van der Waals surface area contributed by atoms with E-state index in [0.717, 1.165) is 12.8 Å². The van der Waals surface area contributed by atoms with Crippen molar-refractivity contribution in [1.29, 1.82) is 0 Å². The van der Waals surface area contributed by atoms with Gasteiger partial charge in [-0.1, -0.05) is 29.8 Å². The van der Waals surface area contributed by atoms with Crippen LogP contribution >= 0.6 is 15.9 Å². The Bertz CT molecular complexity index is 724. The third-order valence-corrected chi connectivity index (χ3v) is 11.9. The Morgan fingerprint density at radius 1 is 1.17 bits per heavy atom. The summed E-state index contributed by atoms with van der Waals surface area (Å²) in [6.07, 6.45) is 10.1. The molecule has 4 nitrogen and oxygen atoms in total. The summed E-state index contributed by atoms with van der Waals surface area (Å²) in [6, 6.07) is 0. The normalized spacial score (nSPS) is 50.4. The molecular weight excluding hydrogens is 444 g/mol. The maximum atomic E-state index is 14.3. The van der Waals surface area contributed by atoms with Gasteiger partial charge in [0.05, 0.1) is 30.1 Å². The Kier molecular flexibility index (Phi) is 5.41. The standard InChI is InChI=1S/C25H37BrO4/c1-14(4-11-21(27)29-3)17-9-10-19-20-7-5-15-12-16-6-8-18(15)25(20,13-30-16)23(28)22(26)24(17,19)2/h14-20,22H,4-13H2,1-3H3. The first-order valence-electron chi connectivity index (χ1n) is 12.2. The fourth-order valence-corrected chi connectivity index (χ4v) is 10.2. The Balaban J connectivity index is 1.47. The zero-order chi connectivity index (χ0) is 21.3. The van der Waals surface area contributed by atoms with Crippen molar-refractivity contribution in [3.05, 3.63) is 0 Å². The Morgan fingerprint density at radius 2 is 1.90 bits per heavy atom. The number of carbonyl (C=O) groups is 2. The van der Waals surface area contributed by atoms with Crippen molar-refractivity contribution in [2.75, 3.05) is 13.7 Å². The number of esters is 1. The number of halogens is 1. The van der Waals surface area contributed by atoms with Gasteiger partial charge in [-0.25, -0.2) is 0 Å². The Morgan fingerprint density at radius 3 is 2.67 bits per heavy atom. The lowest BCUT2D eigenvalue weighted by atomic mass is 9.42. The van der Waals surface area contributed by atoms with Gasteiger partial charge in [-0.15, -0.1) is 0 Å². The summed E-state index contributed by atoms with van der Waals surface area (Å²) in [7, 11) is 1.46. The van der Waals surface area contributed by atoms with E-state index >= 15 is 0 Å². The molecule has 30 heavy (non-hydrogen) atoms. The average Bonchev–Trinajstić information content (AvgIpc) is 2.94. The highest BCUT2D eigenvalue weighted by Gasteiger charge is 2.71. The van der Waals surface area contributed by atoms with E-state index in [-0.39, 0.29) is 21.6 Å². The van der Waals surface area contributed by atoms with Gasteiger partial charge in [0.2, 0.25) is 0 Å². The Labute approximate surface area is 189 Å². The fourth-order valence-electron chi connectivity index (χ4n) is 9.09. The van der Waals surface area contributed by atoms with E-state index < -0.39 is 0 Å². The minimum atomic E-state index is -0.253. The molecule has 0 aromatic carbocycles. The van der Waals surface area contributed by atoms with Crippen molar-refractivity contribution in [2.45, 2.75) is 82.6 Å². The fraction of sp³-hybridized carbons (Fsp3) is 0.920. The minimum Gasteiger partial charge on any atom is -0.469 e. The van der Waals surface area contributed by atoms with Crippen LogP contribution in [-0.2, 0) is 19.1 Å². The molecule has 5 heteroatoms. The van der Waals surface area contributed by atoms with Crippen LogP contribution < -0.4 is 0 Å². The van der Waals surface area contributed by atoms with Crippen LogP contribution in [0.1, 0.15) is 71.6 Å². The smallest absolute Gasteiger partial charge is 0.305 e. The highest BCUT2D eigenvalue weighted by atomic mass is 79.9. The number of ether oxygens (including phenoxy) is 2. The monoisotopic (exact) mass is 480 g/mol. The van der Waals surface area contributed by atoms with Crippen molar-refractivity contribution < 1.29 is 19.1 Å². The van der Waals surface area contributed by atoms with Crippen LogP contribution in [-0.4, -0.2) is 36.4 Å². The van der Waals surface area contributed by atoms with E-state index in [1.807, 2.05) is 0 Å². The van der Waals surface area contributed by atoms with E-state index in [4.69, 9.17) is 9.47 Å². The zero-order valence-corrected chi connectivity index (χ0v) is 20.3. The van der Waals surface area contributed by atoms with Crippen molar-refractivity contribution >= 4 is 27.7 Å². The van der Waals surface area contributed by atoms with Gasteiger partial charge in [0.25, 0.3) is 0 Å². The number of carbonyl (C=O) groups excluding carboxylic acids is 2. The molecule has 0 aromatic heterocycles. The number of methoxy groups -OCH3 is 1. The van der Waals surface area contributed by atoms with Gasteiger partial charge in [-0.3, -0.25) is 9.59 Å². The van der Waals surface area contributed by atoms with E-state index in [0.29, 0.717) is 60.4 Å². The molecule has 6 fully saturated rings. The summed E-state index contributed by atoms with van der Waals surface area (Å²) < 4.78 is 11.3. The molecule has 4 aliphatic carbocycles. The summed E-state index contributed by atoms with van der Waals surface area (Å²) in [5.41, 5.74) is -0.281. The van der Waals surface area contributed by atoms with E-state index in [9.17, 15) is 9.59 Å². The molecule has 1 spiro atoms. The summed E-state index contributed by atoms with van der Waals surface area (Å²) >= 11 is 4.00. The number of hydrogen-bond acceptors (Lipinski definition) is 4. The van der Waals surface area contributed by atoms with Crippen LogP contribution in [0.25, 0.3) is 0 Å². The highest BCUT2D eigenvalue weighted by molar-refractivity contribution is 9.10. The predicted molar refractivity (Wildman–Crippen MR) is 118 cm³/mol. The van der Waals surface area contributed by atoms with Crippen LogP contribution in [0.5, 0.6) is 0 Å². The second-order valence-electron chi connectivity index (χ2n) is 11.3. The molecule has 2 saturated heterocycles. The SMILES string of the molecule is COC(=O)CCC(C)C1CCC2C3CCC4CC5CCC4C3(CO5)C(=O)C(Br)C12C. The molecule has 6 aliphatic rings. The lowest BCUT2D eigenvalue weighted by Gasteiger charge is -2.61. The van der Waals surface area contributed by atoms with Crippen LogP contribution in [0.4, 0.5) is 0 Å². The number of Topliss-reactive ketones (excluding diaryl/α,β-unsaturated/α-hetero) is 1. The van der Waals surface area contributed by atoms with E-state index in [1.165, 1.54) is 45.6 Å². The molecule has 10 unspecified atom stereocenters. The second kappa shape index (κ2) is 7.57. The van der Waals surface area contributed by atoms with Crippen molar-refractivity contribution in [2.24, 2.45) is 46.3 Å². The molecule has 2 aliphatic heterocycles. The summed E-state index contributed by atoms with van der Waals surface area (Å²) in [6.45, 7) is 5.33. The molecule has 6 rings (SSSR count). The van der Waals surface area contributed by atoms with Crippen molar-refractivity contribution in [3.8, 4) is 0 Å². The number of rotatable bonds is 4. The number of hydrogen-bond donors (Lipinski definition) is 0. The van der Waals surface area contributed by atoms with Gasteiger partial charge in [0.15, 0.2) is 5.78 Å². The topological polar surface area (TPSA) is 52.6 Å². The van der Waals surface area contributed by atoms with Crippen LogP contribution in [0.15, 0.2) is 0 Å². The van der Waals surface area contributed by atoms with E-state index in [1.54, 1.807) is 0 Å². The van der Waals surface area contributed by atoms with Crippen molar-refractivity contribution in [1.82, 2.24) is 0 Å². The highest BCUT2D eigenvalue weighted by Crippen LogP contribution is 2.70. The maximum Gasteiger partial charge on any atom is 0.305 e. The third kappa shape index (κ3) is 2.79. The Hall–Kier alpha value is -0.420. The van der Waals surface area contributed by atoms with Crippen molar-refractivity contribution in [3.63, 3.8) is 0 Å². The molecule has 2 heterocycles. The molecule has 168 valence electrons. The molecule has 10 atom stereocenters. The van der Waals surface area contributed by atoms with Gasteiger partial charge in [0.1, 0.15) is 0 Å². The lowest BCUT2D eigenvalue weighted by molar-refractivity contribution is -0.168. The second-order valence-corrected chi connectivity index (χ2v) is 12.2. The molecule has 4 saturated carbocycles. The van der Waals surface area contributed by atoms with Crippen LogP contribution in [0.2, 0.25) is 0 Å². The first-order chi connectivity index (χ1) is 14.3. The van der Waals surface area contributed by atoms with Crippen LogP contribution in [0, 0.1) is 46.3 Å². The van der Waals surface area contributed by atoms with Gasteiger partial charge in [0, 0.05) is 6.42 Å². The first kappa shape index (κ1) is 21.4. The third-order valence-electron chi connectivity index (χ3n) is 10.5. The summed E-state index contributed by atoms with van der Waals surface area (Å²) in [5, 5.41) is 0. The molecule has 0 N–H and O–H groups in total. The predicted octanol–water partition coefficient (Wildman–Crippen LogP) is 5.17. The van der Waals surface area contributed by atoms with Gasteiger partial charge in [-0.05, 0) is 92.3 Å².